The summed E-state index contributed by atoms with van der Waals surface area (Å²) in [6, 6.07) is 13.6. The number of hydrogen-bond acceptors (Lipinski definition) is 3. The highest BCUT2D eigenvalue weighted by Crippen LogP contribution is 2.13. The highest BCUT2D eigenvalue weighted by molar-refractivity contribution is 6.30. The van der Waals surface area contributed by atoms with Crippen molar-refractivity contribution in [1.82, 2.24) is 24.5 Å². The van der Waals surface area contributed by atoms with Crippen LogP contribution in [0.25, 0.3) is 5.65 Å². The van der Waals surface area contributed by atoms with Crippen LogP contribution < -0.4 is 5.32 Å². The quantitative estimate of drug-likeness (QED) is 0.504. The van der Waals surface area contributed by atoms with E-state index in [0.29, 0.717) is 31.2 Å². The van der Waals surface area contributed by atoms with Crippen molar-refractivity contribution in [2.45, 2.75) is 13.0 Å². The molecule has 0 aliphatic carbocycles. The zero-order valence-electron chi connectivity index (χ0n) is 17.0. The molecule has 0 unspecified atom stereocenters. The Hall–Kier alpha value is -3.06. The van der Waals surface area contributed by atoms with Crippen molar-refractivity contribution in [3.05, 3.63) is 71.1 Å². The largest absolute Gasteiger partial charge is 0.356 e. The van der Waals surface area contributed by atoms with Crippen LogP contribution in [-0.2, 0) is 17.8 Å². The molecule has 4 rings (SSSR count). The Balaban J connectivity index is 1.28. The number of piperazine rings is 1. The van der Waals surface area contributed by atoms with Crippen LogP contribution in [0.5, 0.6) is 0 Å². The lowest BCUT2D eigenvalue weighted by Crippen LogP contribution is -2.55. The Morgan fingerprint density at radius 1 is 1.20 bits per heavy atom. The third-order valence-corrected chi connectivity index (χ3v) is 5.45. The lowest BCUT2D eigenvalue weighted by Gasteiger charge is -2.36. The summed E-state index contributed by atoms with van der Waals surface area (Å²) >= 11 is 5.94. The van der Waals surface area contributed by atoms with Crippen LogP contribution in [0.4, 0.5) is 0 Å². The maximum atomic E-state index is 12.7. The van der Waals surface area contributed by atoms with Crippen LogP contribution in [0, 0.1) is 0 Å². The maximum Gasteiger partial charge on any atom is 0.242 e. The minimum atomic E-state index is 0.0968. The van der Waals surface area contributed by atoms with Gasteiger partial charge in [-0.1, -0.05) is 29.8 Å². The van der Waals surface area contributed by atoms with Gasteiger partial charge in [-0.05, 0) is 29.8 Å². The number of nitrogens with one attached hydrogen (secondary N) is 1. The van der Waals surface area contributed by atoms with Crippen LogP contribution in [0.3, 0.4) is 0 Å². The smallest absolute Gasteiger partial charge is 0.242 e. The molecule has 2 aromatic heterocycles. The Bertz CT molecular complexity index is 1010. The molecular formula is C22H25ClN6O. The van der Waals surface area contributed by atoms with Crippen molar-refractivity contribution in [3.8, 4) is 0 Å². The first-order valence-corrected chi connectivity index (χ1v) is 10.4. The molecule has 3 heterocycles. The highest BCUT2D eigenvalue weighted by atomic mass is 35.5. The number of aliphatic imine (C=N–C) groups is 1. The van der Waals surface area contributed by atoms with E-state index in [1.807, 2.05) is 69.1 Å². The first kappa shape index (κ1) is 20.2. The summed E-state index contributed by atoms with van der Waals surface area (Å²) in [5, 5.41) is 4.07. The van der Waals surface area contributed by atoms with Crippen LogP contribution in [0.15, 0.2) is 59.9 Å². The monoisotopic (exact) mass is 424 g/mol. The minimum absolute atomic E-state index is 0.0968. The molecule has 1 N–H and O–H groups in total. The first-order valence-electron chi connectivity index (χ1n) is 10.0. The standard InChI is InChI=1S/C22H25ClN6O/c1-24-22(25-10-9-19-15-27-11-3-2-4-20(27)26-19)29-13-12-28(21(30)16-29)14-17-5-7-18(23)8-6-17/h2-8,11,15H,9-10,12-14,16H2,1H3,(H,24,25). The van der Waals surface area contributed by atoms with Crippen molar-refractivity contribution in [2.24, 2.45) is 4.99 Å². The molecular weight excluding hydrogens is 400 g/mol. The number of guanidine groups is 1. The fourth-order valence-electron chi connectivity index (χ4n) is 3.61. The molecule has 0 radical (unpaired) electrons. The molecule has 1 aromatic carbocycles. The van der Waals surface area contributed by atoms with Crippen LogP contribution >= 0.6 is 11.6 Å². The van der Waals surface area contributed by atoms with E-state index >= 15 is 0 Å². The van der Waals surface area contributed by atoms with Crippen molar-refractivity contribution in [3.63, 3.8) is 0 Å². The van der Waals surface area contributed by atoms with Gasteiger partial charge in [-0.25, -0.2) is 4.98 Å². The van der Waals surface area contributed by atoms with Crippen molar-refractivity contribution >= 4 is 29.1 Å². The number of aromatic nitrogens is 2. The zero-order chi connectivity index (χ0) is 20.9. The topological polar surface area (TPSA) is 65.2 Å². The van der Waals surface area contributed by atoms with Gasteiger partial charge in [-0.15, -0.1) is 0 Å². The molecule has 0 atom stereocenters. The van der Waals surface area contributed by atoms with E-state index in [0.717, 1.165) is 35.8 Å². The number of rotatable bonds is 5. The van der Waals surface area contributed by atoms with E-state index in [1.165, 1.54) is 0 Å². The summed E-state index contributed by atoms with van der Waals surface area (Å²) in [4.78, 5) is 25.5. The summed E-state index contributed by atoms with van der Waals surface area (Å²) in [7, 11) is 1.75. The molecule has 3 aromatic rings. The summed E-state index contributed by atoms with van der Waals surface area (Å²) < 4.78 is 2.02. The van der Waals surface area contributed by atoms with Gasteiger partial charge in [0, 0.05) is 57.1 Å². The molecule has 7 nitrogen and oxygen atoms in total. The van der Waals surface area contributed by atoms with Crippen LogP contribution in [-0.4, -0.2) is 64.3 Å². The third kappa shape index (κ3) is 4.74. The lowest BCUT2D eigenvalue weighted by atomic mass is 10.2. The number of fused-ring (bicyclic) bond motifs is 1. The van der Waals surface area contributed by atoms with E-state index in [2.05, 4.69) is 15.3 Å². The number of amides is 1. The summed E-state index contributed by atoms with van der Waals surface area (Å²) in [5.41, 5.74) is 3.04. The second kappa shape index (κ2) is 9.17. The van der Waals surface area contributed by atoms with Crippen molar-refractivity contribution < 1.29 is 4.79 Å². The van der Waals surface area contributed by atoms with Gasteiger partial charge >= 0.3 is 0 Å². The van der Waals surface area contributed by atoms with E-state index in [9.17, 15) is 4.79 Å². The molecule has 1 saturated heterocycles. The molecule has 8 heteroatoms. The predicted molar refractivity (Wildman–Crippen MR) is 119 cm³/mol. The molecule has 0 saturated carbocycles. The van der Waals surface area contributed by atoms with Gasteiger partial charge in [0.25, 0.3) is 0 Å². The summed E-state index contributed by atoms with van der Waals surface area (Å²) in [6.45, 7) is 3.03. The summed E-state index contributed by atoms with van der Waals surface area (Å²) in [6.07, 6.45) is 4.82. The van der Waals surface area contributed by atoms with Gasteiger partial charge in [0.2, 0.25) is 5.91 Å². The number of pyridine rings is 1. The normalized spacial score (nSPS) is 15.1. The van der Waals surface area contributed by atoms with E-state index in [4.69, 9.17) is 11.6 Å². The Kier molecular flexibility index (Phi) is 6.18. The van der Waals surface area contributed by atoms with Gasteiger partial charge in [0.15, 0.2) is 5.96 Å². The average molecular weight is 425 g/mol. The second-order valence-electron chi connectivity index (χ2n) is 7.29. The number of benzene rings is 1. The maximum absolute atomic E-state index is 12.7. The van der Waals surface area contributed by atoms with E-state index in [1.54, 1.807) is 7.05 Å². The number of hydrogen-bond donors (Lipinski definition) is 1. The Morgan fingerprint density at radius 2 is 2.03 bits per heavy atom. The number of nitrogens with zero attached hydrogens (tertiary/aromatic N) is 5. The first-order chi connectivity index (χ1) is 14.6. The molecule has 0 spiro atoms. The number of carbonyl (C=O) groups is 1. The third-order valence-electron chi connectivity index (χ3n) is 5.19. The number of halogens is 1. The Morgan fingerprint density at radius 3 is 2.77 bits per heavy atom. The van der Waals surface area contributed by atoms with Gasteiger partial charge < -0.3 is 19.5 Å². The Labute approximate surface area is 181 Å². The fraction of sp³-hybridized carbons (Fsp3) is 0.318. The van der Waals surface area contributed by atoms with Crippen LogP contribution in [0.2, 0.25) is 5.02 Å². The molecule has 1 aliphatic heterocycles. The number of carbonyl (C=O) groups excluding carboxylic acids is 1. The molecule has 1 aliphatic rings. The summed E-state index contributed by atoms with van der Waals surface area (Å²) in [5.74, 6) is 0.845. The van der Waals surface area contributed by atoms with Gasteiger partial charge in [0.1, 0.15) is 5.65 Å². The van der Waals surface area contributed by atoms with Gasteiger partial charge in [-0.2, -0.15) is 0 Å². The lowest BCUT2D eigenvalue weighted by molar-refractivity contribution is -0.135. The average Bonchev–Trinajstić information content (AvgIpc) is 3.17. The van der Waals surface area contributed by atoms with Crippen molar-refractivity contribution in [1.29, 1.82) is 0 Å². The molecule has 0 bridgehead atoms. The zero-order valence-corrected chi connectivity index (χ0v) is 17.7. The SMILES string of the molecule is CN=C(NCCc1cn2ccccc2n1)N1CCN(Cc2ccc(Cl)cc2)C(=O)C1. The second-order valence-corrected chi connectivity index (χ2v) is 7.72. The van der Waals surface area contributed by atoms with E-state index < -0.39 is 0 Å². The van der Waals surface area contributed by atoms with Gasteiger partial charge in [-0.3, -0.25) is 9.79 Å². The fourth-order valence-corrected chi connectivity index (χ4v) is 3.73. The molecule has 1 amide bonds. The molecule has 156 valence electrons. The molecule has 30 heavy (non-hydrogen) atoms. The van der Waals surface area contributed by atoms with E-state index in [-0.39, 0.29) is 5.91 Å². The van der Waals surface area contributed by atoms with Crippen LogP contribution in [0.1, 0.15) is 11.3 Å². The number of imidazole rings is 1. The predicted octanol–water partition coefficient (Wildman–Crippen LogP) is 2.45. The minimum Gasteiger partial charge on any atom is -0.356 e. The molecule has 1 fully saturated rings. The van der Waals surface area contributed by atoms with Gasteiger partial charge in [0.05, 0.1) is 12.2 Å². The highest BCUT2D eigenvalue weighted by Gasteiger charge is 2.25. The van der Waals surface area contributed by atoms with Crippen molar-refractivity contribution in [2.75, 3.05) is 33.2 Å².